The predicted molar refractivity (Wildman–Crippen MR) is 90.5 cm³/mol. The number of benzene rings is 1. The molecule has 126 valence electrons. The molecule has 0 radical (unpaired) electrons. The fourth-order valence-corrected chi connectivity index (χ4v) is 3.00. The van der Waals surface area contributed by atoms with E-state index >= 15 is 0 Å². The molecule has 2 unspecified atom stereocenters. The van der Waals surface area contributed by atoms with Crippen LogP contribution >= 0.6 is 0 Å². The first-order valence-corrected chi connectivity index (χ1v) is 8.55. The molecular formula is C19H27NO3. The Kier molecular flexibility index (Phi) is 6.63. The van der Waals surface area contributed by atoms with Crippen LogP contribution in [0.3, 0.4) is 0 Å². The number of carbonyl (C=O) groups excluding carboxylic acids is 2. The zero-order valence-electron chi connectivity index (χ0n) is 14.1. The Hall–Kier alpha value is -1.84. The molecule has 1 aromatic carbocycles. The minimum absolute atomic E-state index is 0.0515. The molecule has 1 saturated carbocycles. The highest BCUT2D eigenvalue weighted by atomic mass is 16.5. The Morgan fingerprint density at radius 1 is 1.17 bits per heavy atom. The molecule has 0 heterocycles. The van der Waals surface area contributed by atoms with E-state index in [1.165, 1.54) is 19.3 Å². The third kappa shape index (κ3) is 6.05. The number of hydrogen-bond acceptors (Lipinski definition) is 3. The Morgan fingerprint density at radius 2 is 1.87 bits per heavy atom. The van der Waals surface area contributed by atoms with E-state index in [4.69, 9.17) is 4.74 Å². The fraction of sp³-hybridized carbons (Fsp3) is 0.579. The summed E-state index contributed by atoms with van der Waals surface area (Å²) in [5.41, 5.74) is 1.10. The van der Waals surface area contributed by atoms with Gasteiger partial charge in [-0.2, -0.15) is 0 Å². The molecule has 0 spiro atoms. The second-order valence-corrected chi connectivity index (χ2v) is 6.57. The number of amides is 1. The van der Waals surface area contributed by atoms with Gasteiger partial charge >= 0.3 is 0 Å². The molecule has 1 aliphatic carbocycles. The number of aryl methyl sites for hydroxylation is 1. The van der Waals surface area contributed by atoms with Gasteiger partial charge < -0.3 is 14.8 Å². The van der Waals surface area contributed by atoms with Crippen molar-refractivity contribution in [1.29, 1.82) is 0 Å². The topological polar surface area (TPSA) is 55.4 Å². The summed E-state index contributed by atoms with van der Waals surface area (Å²) < 4.78 is 5.55. The van der Waals surface area contributed by atoms with Crippen molar-refractivity contribution in [2.45, 2.75) is 58.4 Å². The number of hydrogen-bond donors (Lipinski definition) is 1. The highest BCUT2D eigenvalue weighted by molar-refractivity contribution is 5.78. The number of ether oxygens (including phenoxy) is 1. The second-order valence-electron chi connectivity index (χ2n) is 6.57. The number of Topliss-reactive ketones (excluding diaryl/α,β-unsaturated/α-hetero) is 1. The van der Waals surface area contributed by atoms with Crippen molar-refractivity contribution in [2.24, 2.45) is 5.92 Å². The molecule has 2 atom stereocenters. The van der Waals surface area contributed by atoms with Crippen molar-refractivity contribution in [3.8, 4) is 5.75 Å². The molecule has 4 heteroatoms. The lowest BCUT2D eigenvalue weighted by atomic mass is 9.86. The molecule has 1 amide bonds. The van der Waals surface area contributed by atoms with E-state index in [0.717, 1.165) is 18.4 Å². The molecule has 0 bridgehead atoms. The van der Waals surface area contributed by atoms with Crippen LogP contribution in [-0.4, -0.2) is 24.3 Å². The van der Waals surface area contributed by atoms with E-state index < -0.39 is 0 Å². The monoisotopic (exact) mass is 317 g/mol. The van der Waals surface area contributed by atoms with E-state index in [1.54, 1.807) is 6.92 Å². The summed E-state index contributed by atoms with van der Waals surface area (Å²) in [5, 5.41) is 3.08. The van der Waals surface area contributed by atoms with Gasteiger partial charge in [-0.15, -0.1) is 0 Å². The second kappa shape index (κ2) is 8.70. The zero-order valence-corrected chi connectivity index (χ0v) is 14.1. The number of nitrogens with one attached hydrogen (secondary N) is 1. The maximum absolute atomic E-state index is 12.0. The van der Waals surface area contributed by atoms with Gasteiger partial charge in [0.05, 0.1) is 0 Å². The number of carbonyl (C=O) groups is 2. The molecule has 0 saturated heterocycles. The zero-order chi connectivity index (χ0) is 16.7. The van der Waals surface area contributed by atoms with Crippen LogP contribution in [0.25, 0.3) is 0 Å². The van der Waals surface area contributed by atoms with Gasteiger partial charge in [0.1, 0.15) is 11.5 Å². The lowest BCUT2D eigenvalue weighted by Gasteiger charge is -2.29. The number of rotatable bonds is 7. The summed E-state index contributed by atoms with van der Waals surface area (Å²) in [5.74, 6) is 1.38. The van der Waals surface area contributed by atoms with Crippen molar-refractivity contribution in [3.05, 3.63) is 29.8 Å². The van der Waals surface area contributed by atoms with Crippen LogP contribution in [0.1, 0.15) is 51.5 Å². The summed E-state index contributed by atoms with van der Waals surface area (Å²) in [6, 6.07) is 7.88. The first-order chi connectivity index (χ1) is 11.0. The Balaban J connectivity index is 1.74. The molecule has 1 aliphatic rings. The largest absolute Gasteiger partial charge is 0.484 e. The van der Waals surface area contributed by atoms with Crippen molar-refractivity contribution < 1.29 is 14.3 Å². The molecular weight excluding hydrogens is 290 g/mol. The molecule has 4 nitrogen and oxygen atoms in total. The van der Waals surface area contributed by atoms with E-state index in [2.05, 4.69) is 12.2 Å². The summed E-state index contributed by atoms with van der Waals surface area (Å²) >= 11 is 0. The van der Waals surface area contributed by atoms with Crippen molar-refractivity contribution in [3.63, 3.8) is 0 Å². The quantitative estimate of drug-likeness (QED) is 0.839. The smallest absolute Gasteiger partial charge is 0.258 e. The van der Waals surface area contributed by atoms with Gasteiger partial charge in [0.15, 0.2) is 6.61 Å². The van der Waals surface area contributed by atoms with Crippen molar-refractivity contribution in [2.75, 3.05) is 6.61 Å². The van der Waals surface area contributed by atoms with Crippen LogP contribution in [-0.2, 0) is 16.0 Å². The van der Waals surface area contributed by atoms with Gasteiger partial charge in [-0.1, -0.05) is 31.9 Å². The highest BCUT2D eigenvalue weighted by Crippen LogP contribution is 2.23. The highest BCUT2D eigenvalue weighted by Gasteiger charge is 2.22. The van der Waals surface area contributed by atoms with E-state index in [-0.39, 0.29) is 24.3 Å². The maximum atomic E-state index is 12.0. The molecule has 23 heavy (non-hydrogen) atoms. The van der Waals surface area contributed by atoms with Gasteiger partial charge in [0.25, 0.3) is 5.91 Å². The van der Waals surface area contributed by atoms with Crippen LogP contribution in [0.4, 0.5) is 0 Å². The van der Waals surface area contributed by atoms with Crippen molar-refractivity contribution in [1.82, 2.24) is 5.32 Å². The van der Waals surface area contributed by atoms with Crippen LogP contribution in [0.2, 0.25) is 0 Å². The molecule has 1 fully saturated rings. The summed E-state index contributed by atoms with van der Waals surface area (Å²) in [6.07, 6.45) is 6.01. The summed E-state index contributed by atoms with van der Waals surface area (Å²) in [6.45, 7) is 3.85. The first kappa shape index (κ1) is 17.5. The van der Waals surface area contributed by atoms with Gasteiger partial charge in [-0.25, -0.2) is 0 Å². The average molecular weight is 317 g/mol. The fourth-order valence-electron chi connectivity index (χ4n) is 3.00. The summed E-state index contributed by atoms with van der Waals surface area (Å²) in [7, 11) is 0. The maximum Gasteiger partial charge on any atom is 0.258 e. The molecule has 0 aliphatic heterocycles. The lowest BCUT2D eigenvalue weighted by Crippen LogP contribution is -2.43. The normalized spacial score (nSPS) is 20.8. The summed E-state index contributed by atoms with van der Waals surface area (Å²) in [4.78, 5) is 23.0. The average Bonchev–Trinajstić information content (AvgIpc) is 2.54. The standard InChI is InChI=1S/C19H27NO3/c1-14-5-3-4-6-18(14)20-19(22)13-23-17-11-9-16(10-12-17)8-7-15(2)21/h9-12,14,18H,3-8,13H2,1-2H3,(H,20,22). The van der Waals surface area contributed by atoms with E-state index in [0.29, 0.717) is 18.1 Å². The van der Waals surface area contributed by atoms with Gasteiger partial charge in [0, 0.05) is 12.5 Å². The Labute approximate surface area is 138 Å². The Morgan fingerprint density at radius 3 is 2.52 bits per heavy atom. The van der Waals surface area contributed by atoms with Crippen molar-refractivity contribution >= 4 is 11.7 Å². The van der Waals surface area contributed by atoms with E-state index in [9.17, 15) is 9.59 Å². The minimum atomic E-state index is -0.0515. The first-order valence-electron chi connectivity index (χ1n) is 8.55. The minimum Gasteiger partial charge on any atom is -0.484 e. The third-order valence-corrected chi connectivity index (χ3v) is 4.52. The molecule has 2 rings (SSSR count). The van der Waals surface area contributed by atoms with Gasteiger partial charge in [-0.3, -0.25) is 4.79 Å². The van der Waals surface area contributed by atoms with E-state index in [1.807, 2.05) is 24.3 Å². The van der Waals surface area contributed by atoms with Crippen LogP contribution < -0.4 is 10.1 Å². The van der Waals surface area contributed by atoms with Crippen LogP contribution in [0.15, 0.2) is 24.3 Å². The molecule has 0 aromatic heterocycles. The molecule has 1 aromatic rings. The van der Waals surface area contributed by atoms with Gasteiger partial charge in [0.2, 0.25) is 0 Å². The predicted octanol–water partition coefficient (Wildman–Crippen LogP) is 3.28. The third-order valence-electron chi connectivity index (χ3n) is 4.52. The number of ketones is 1. The Bertz CT molecular complexity index is 524. The SMILES string of the molecule is CC(=O)CCc1ccc(OCC(=O)NC2CCCCC2C)cc1. The van der Waals surface area contributed by atoms with Gasteiger partial charge in [-0.05, 0) is 49.8 Å². The lowest BCUT2D eigenvalue weighted by molar-refractivity contribution is -0.124. The van der Waals surface area contributed by atoms with Crippen LogP contribution in [0.5, 0.6) is 5.75 Å². The van der Waals surface area contributed by atoms with Crippen LogP contribution in [0, 0.1) is 5.92 Å². The molecule has 1 N–H and O–H groups in total.